The van der Waals surface area contributed by atoms with Gasteiger partial charge in [0.25, 0.3) is 0 Å². The number of amides is 1. The molecule has 0 radical (unpaired) electrons. The first-order chi connectivity index (χ1) is 11.9. The van der Waals surface area contributed by atoms with Crippen LogP contribution in [0.2, 0.25) is 0 Å². The minimum atomic E-state index is -0.260. The lowest BCUT2D eigenvalue weighted by Crippen LogP contribution is -2.51. The molecule has 6 nitrogen and oxygen atoms in total. The summed E-state index contributed by atoms with van der Waals surface area (Å²) in [6.07, 6.45) is 8.12. The standard InChI is InChI=1S/C19H35N5O.HI/c1-14-11-15(12-24(14)16-7-8-16)22-18(20-2)21-13-19(9-5-6-10-19)17(25)23(3)4;/h14-16H,5-13H2,1-4H3,(H2,20,21,22);1H. The molecule has 150 valence electrons. The van der Waals surface area contributed by atoms with Gasteiger partial charge >= 0.3 is 0 Å². The number of guanidine groups is 1. The Hall–Kier alpha value is -0.570. The molecule has 2 N–H and O–H groups in total. The fourth-order valence-electron chi connectivity index (χ4n) is 4.71. The highest BCUT2D eigenvalue weighted by atomic mass is 127. The largest absolute Gasteiger partial charge is 0.355 e. The van der Waals surface area contributed by atoms with Gasteiger partial charge in [0, 0.05) is 52.4 Å². The van der Waals surface area contributed by atoms with E-state index in [1.54, 1.807) is 4.90 Å². The van der Waals surface area contributed by atoms with E-state index >= 15 is 0 Å². The van der Waals surface area contributed by atoms with Crippen molar-refractivity contribution in [2.24, 2.45) is 10.4 Å². The summed E-state index contributed by atoms with van der Waals surface area (Å²) in [7, 11) is 5.55. The molecule has 0 aromatic carbocycles. The predicted molar refractivity (Wildman–Crippen MR) is 117 cm³/mol. The van der Waals surface area contributed by atoms with Gasteiger partial charge < -0.3 is 15.5 Å². The Balaban J connectivity index is 0.00000243. The third-order valence-corrected chi connectivity index (χ3v) is 6.22. The van der Waals surface area contributed by atoms with Crippen molar-refractivity contribution in [1.29, 1.82) is 0 Å². The molecule has 0 bridgehead atoms. The number of hydrogen-bond acceptors (Lipinski definition) is 3. The third kappa shape index (κ3) is 4.82. The fraction of sp³-hybridized carbons (Fsp3) is 0.895. The highest BCUT2D eigenvalue weighted by Crippen LogP contribution is 2.39. The summed E-state index contributed by atoms with van der Waals surface area (Å²) in [5, 5.41) is 7.05. The molecule has 0 aromatic heterocycles. The smallest absolute Gasteiger partial charge is 0.230 e. The van der Waals surface area contributed by atoms with E-state index in [0.717, 1.165) is 44.2 Å². The zero-order chi connectivity index (χ0) is 18.0. The van der Waals surface area contributed by atoms with Crippen LogP contribution in [-0.4, -0.2) is 74.0 Å². The Labute approximate surface area is 175 Å². The minimum absolute atomic E-state index is 0. The van der Waals surface area contributed by atoms with Crippen LogP contribution >= 0.6 is 24.0 Å². The zero-order valence-electron chi connectivity index (χ0n) is 16.8. The summed E-state index contributed by atoms with van der Waals surface area (Å²) in [6.45, 7) is 4.12. The molecule has 1 saturated heterocycles. The van der Waals surface area contributed by atoms with E-state index in [-0.39, 0.29) is 35.3 Å². The molecule has 1 heterocycles. The second-order valence-corrected chi connectivity index (χ2v) is 8.47. The van der Waals surface area contributed by atoms with Gasteiger partial charge in [-0.15, -0.1) is 24.0 Å². The van der Waals surface area contributed by atoms with E-state index in [1.165, 1.54) is 19.3 Å². The highest BCUT2D eigenvalue weighted by molar-refractivity contribution is 14.0. The Morgan fingerprint density at radius 3 is 2.46 bits per heavy atom. The Morgan fingerprint density at radius 2 is 1.92 bits per heavy atom. The molecule has 0 aromatic rings. The van der Waals surface area contributed by atoms with E-state index in [4.69, 9.17) is 0 Å². The molecule has 3 fully saturated rings. The number of nitrogens with zero attached hydrogens (tertiary/aromatic N) is 3. The first kappa shape index (κ1) is 21.7. The van der Waals surface area contributed by atoms with Gasteiger partial charge in [-0.25, -0.2) is 0 Å². The van der Waals surface area contributed by atoms with Crippen molar-refractivity contribution in [2.75, 3.05) is 34.2 Å². The molecular formula is C19H36IN5O. The average molecular weight is 477 g/mol. The van der Waals surface area contributed by atoms with Gasteiger partial charge in [0.05, 0.1) is 5.41 Å². The Bertz CT molecular complexity index is 514. The number of carbonyl (C=O) groups is 1. The van der Waals surface area contributed by atoms with Crippen LogP contribution in [0, 0.1) is 5.41 Å². The fourth-order valence-corrected chi connectivity index (χ4v) is 4.71. The number of aliphatic imine (C=N–C) groups is 1. The summed E-state index contributed by atoms with van der Waals surface area (Å²) < 4.78 is 0. The van der Waals surface area contributed by atoms with Gasteiger partial charge in [0.1, 0.15) is 0 Å². The van der Waals surface area contributed by atoms with Crippen LogP contribution in [0.4, 0.5) is 0 Å². The van der Waals surface area contributed by atoms with Crippen LogP contribution in [0.5, 0.6) is 0 Å². The molecule has 2 aliphatic carbocycles. The average Bonchev–Trinajstić information content (AvgIpc) is 3.20. The predicted octanol–water partition coefficient (Wildman–Crippen LogP) is 2.04. The lowest BCUT2D eigenvalue weighted by molar-refractivity contribution is -0.138. The van der Waals surface area contributed by atoms with Crippen LogP contribution in [0.15, 0.2) is 4.99 Å². The zero-order valence-corrected chi connectivity index (χ0v) is 19.1. The topological polar surface area (TPSA) is 60.0 Å². The third-order valence-electron chi connectivity index (χ3n) is 6.22. The number of halogens is 1. The van der Waals surface area contributed by atoms with E-state index in [9.17, 15) is 4.79 Å². The molecule has 7 heteroatoms. The second kappa shape index (κ2) is 9.08. The van der Waals surface area contributed by atoms with Gasteiger partial charge in [-0.05, 0) is 39.0 Å². The summed E-state index contributed by atoms with van der Waals surface area (Å²) in [4.78, 5) is 21.5. The quantitative estimate of drug-likeness (QED) is 0.362. The summed E-state index contributed by atoms with van der Waals surface area (Å²) in [5.41, 5.74) is -0.260. The Kier molecular flexibility index (Phi) is 7.59. The number of hydrogen-bond donors (Lipinski definition) is 2. The van der Waals surface area contributed by atoms with E-state index in [1.807, 2.05) is 21.1 Å². The number of carbonyl (C=O) groups excluding carboxylic acids is 1. The maximum atomic E-state index is 12.7. The summed E-state index contributed by atoms with van der Waals surface area (Å²) in [5.74, 6) is 1.09. The molecule has 2 atom stereocenters. The van der Waals surface area contributed by atoms with E-state index < -0.39 is 0 Å². The van der Waals surface area contributed by atoms with Crippen LogP contribution in [0.3, 0.4) is 0 Å². The maximum absolute atomic E-state index is 12.7. The molecule has 26 heavy (non-hydrogen) atoms. The highest BCUT2D eigenvalue weighted by Gasteiger charge is 2.42. The molecule has 1 amide bonds. The van der Waals surface area contributed by atoms with Crippen molar-refractivity contribution >= 4 is 35.8 Å². The SMILES string of the molecule is CN=C(NCC1(C(=O)N(C)C)CCCC1)NC1CC(C)N(C2CC2)C1.I. The van der Waals surface area contributed by atoms with Crippen LogP contribution in [-0.2, 0) is 4.79 Å². The maximum Gasteiger partial charge on any atom is 0.230 e. The molecule has 3 rings (SSSR count). The first-order valence-electron chi connectivity index (χ1n) is 9.90. The monoisotopic (exact) mass is 477 g/mol. The lowest BCUT2D eigenvalue weighted by Gasteiger charge is -2.31. The van der Waals surface area contributed by atoms with Crippen molar-refractivity contribution < 1.29 is 4.79 Å². The van der Waals surface area contributed by atoms with Crippen LogP contribution in [0.25, 0.3) is 0 Å². The van der Waals surface area contributed by atoms with Gasteiger partial charge in [-0.3, -0.25) is 14.7 Å². The second-order valence-electron chi connectivity index (χ2n) is 8.47. The minimum Gasteiger partial charge on any atom is -0.355 e. The van der Waals surface area contributed by atoms with Crippen molar-refractivity contribution in [3.63, 3.8) is 0 Å². The van der Waals surface area contributed by atoms with Gasteiger partial charge in [-0.1, -0.05) is 12.8 Å². The van der Waals surface area contributed by atoms with Crippen molar-refractivity contribution in [1.82, 2.24) is 20.4 Å². The molecule has 1 aliphatic heterocycles. The van der Waals surface area contributed by atoms with Gasteiger partial charge in [0.15, 0.2) is 5.96 Å². The lowest BCUT2D eigenvalue weighted by atomic mass is 9.84. The van der Waals surface area contributed by atoms with Crippen molar-refractivity contribution in [2.45, 2.75) is 70.0 Å². The number of nitrogens with one attached hydrogen (secondary N) is 2. The number of rotatable bonds is 5. The first-order valence-corrected chi connectivity index (χ1v) is 9.90. The molecule has 0 spiro atoms. The Morgan fingerprint density at radius 1 is 1.27 bits per heavy atom. The summed E-state index contributed by atoms with van der Waals surface area (Å²) >= 11 is 0. The van der Waals surface area contributed by atoms with E-state index in [0.29, 0.717) is 18.6 Å². The normalized spacial score (nSPS) is 28.5. The van der Waals surface area contributed by atoms with Crippen molar-refractivity contribution in [3.8, 4) is 0 Å². The number of likely N-dealkylation sites (tertiary alicyclic amines) is 1. The van der Waals surface area contributed by atoms with E-state index in [2.05, 4.69) is 27.4 Å². The summed E-state index contributed by atoms with van der Waals surface area (Å²) in [6, 6.07) is 1.92. The molecule has 2 unspecified atom stereocenters. The van der Waals surface area contributed by atoms with Gasteiger partial charge in [-0.2, -0.15) is 0 Å². The van der Waals surface area contributed by atoms with Crippen molar-refractivity contribution in [3.05, 3.63) is 0 Å². The molecule has 3 aliphatic rings. The van der Waals surface area contributed by atoms with Crippen LogP contribution < -0.4 is 10.6 Å². The molecular weight excluding hydrogens is 441 g/mol. The van der Waals surface area contributed by atoms with Gasteiger partial charge in [0.2, 0.25) is 5.91 Å². The molecule has 2 saturated carbocycles. The van der Waals surface area contributed by atoms with Crippen LogP contribution in [0.1, 0.15) is 51.9 Å².